The summed E-state index contributed by atoms with van der Waals surface area (Å²) >= 11 is 0. The number of hydrogen-bond acceptors (Lipinski definition) is 4. The molecule has 108 valence electrons. The molecule has 0 saturated heterocycles. The number of carbonyl (C=O) groups excluding carboxylic acids is 2. The number of nitrogens with one attached hydrogen (secondary N) is 2. The second-order valence-corrected chi connectivity index (χ2v) is 5.53. The molecule has 1 aromatic carbocycles. The van der Waals surface area contributed by atoms with Gasteiger partial charge in [0, 0.05) is 24.6 Å². The minimum absolute atomic E-state index is 0.139. The normalized spacial score (nSPS) is 17.1. The van der Waals surface area contributed by atoms with Crippen LogP contribution in [-0.2, 0) is 14.3 Å². The van der Waals surface area contributed by atoms with Crippen LogP contribution in [0.5, 0.6) is 0 Å². The first-order chi connectivity index (χ1) is 9.44. The van der Waals surface area contributed by atoms with Gasteiger partial charge in [-0.2, -0.15) is 0 Å². The Morgan fingerprint density at radius 1 is 1.40 bits per heavy atom. The van der Waals surface area contributed by atoms with Crippen LogP contribution in [0.1, 0.15) is 31.7 Å². The molecule has 1 aromatic rings. The number of para-hydroxylation sites is 1. The summed E-state index contributed by atoms with van der Waals surface area (Å²) in [4.78, 5) is 23.7. The van der Waals surface area contributed by atoms with Crippen molar-refractivity contribution in [3.05, 3.63) is 29.8 Å². The number of fused-ring (bicyclic) bond motifs is 1. The van der Waals surface area contributed by atoms with Gasteiger partial charge in [-0.3, -0.25) is 4.79 Å². The van der Waals surface area contributed by atoms with Gasteiger partial charge < -0.3 is 15.4 Å². The van der Waals surface area contributed by atoms with Crippen LogP contribution in [0.15, 0.2) is 24.3 Å². The molecule has 5 heteroatoms. The Kier molecular flexibility index (Phi) is 3.97. The van der Waals surface area contributed by atoms with Crippen molar-refractivity contribution >= 4 is 17.6 Å². The zero-order valence-corrected chi connectivity index (χ0v) is 12.0. The van der Waals surface area contributed by atoms with E-state index in [4.69, 9.17) is 0 Å². The second-order valence-electron chi connectivity index (χ2n) is 5.53. The van der Waals surface area contributed by atoms with Crippen LogP contribution in [0, 0.1) is 0 Å². The molecule has 0 saturated carbocycles. The topological polar surface area (TPSA) is 67.4 Å². The number of rotatable bonds is 4. The fourth-order valence-electron chi connectivity index (χ4n) is 2.47. The zero-order chi connectivity index (χ0) is 14.8. The standard InChI is InChI=1S/C15H20N2O3/c1-15(2,14(19)20-3)17-13(18)8-10-9-16-12-7-5-4-6-11(10)12/h4-7,10,16H,8-9H2,1-3H3,(H,17,18). The van der Waals surface area contributed by atoms with Gasteiger partial charge in [-0.05, 0) is 25.5 Å². The highest BCUT2D eigenvalue weighted by molar-refractivity contribution is 5.87. The monoisotopic (exact) mass is 276 g/mol. The van der Waals surface area contributed by atoms with E-state index in [0.717, 1.165) is 17.8 Å². The average Bonchev–Trinajstić information content (AvgIpc) is 2.80. The predicted molar refractivity (Wildman–Crippen MR) is 76.5 cm³/mol. The van der Waals surface area contributed by atoms with Crippen molar-refractivity contribution in [2.24, 2.45) is 0 Å². The molecule has 1 aliphatic rings. The summed E-state index contributed by atoms with van der Waals surface area (Å²) in [6, 6.07) is 7.97. The average molecular weight is 276 g/mol. The SMILES string of the molecule is COC(=O)C(C)(C)NC(=O)CC1CNc2ccccc21. The third-order valence-electron chi connectivity index (χ3n) is 3.52. The Morgan fingerprint density at radius 2 is 2.10 bits per heavy atom. The van der Waals surface area contributed by atoms with E-state index in [9.17, 15) is 9.59 Å². The van der Waals surface area contributed by atoms with Crippen molar-refractivity contribution in [3.8, 4) is 0 Å². The minimum atomic E-state index is -1.00. The van der Waals surface area contributed by atoms with E-state index < -0.39 is 11.5 Å². The largest absolute Gasteiger partial charge is 0.467 e. The van der Waals surface area contributed by atoms with Crippen LogP contribution < -0.4 is 10.6 Å². The Bertz CT molecular complexity index is 526. The maximum atomic E-state index is 12.1. The van der Waals surface area contributed by atoms with Crippen molar-refractivity contribution in [1.82, 2.24) is 5.32 Å². The van der Waals surface area contributed by atoms with E-state index in [1.165, 1.54) is 7.11 Å². The summed E-state index contributed by atoms with van der Waals surface area (Å²) in [6.07, 6.45) is 0.352. The van der Waals surface area contributed by atoms with E-state index in [1.807, 2.05) is 24.3 Å². The van der Waals surface area contributed by atoms with Crippen molar-refractivity contribution in [3.63, 3.8) is 0 Å². The fourth-order valence-corrected chi connectivity index (χ4v) is 2.47. The van der Waals surface area contributed by atoms with Gasteiger partial charge in [0.1, 0.15) is 5.54 Å². The quantitative estimate of drug-likeness (QED) is 0.821. The van der Waals surface area contributed by atoms with Gasteiger partial charge in [0.25, 0.3) is 0 Å². The van der Waals surface area contributed by atoms with E-state index >= 15 is 0 Å². The smallest absolute Gasteiger partial charge is 0.330 e. The highest BCUT2D eigenvalue weighted by atomic mass is 16.5. The first-order valence-electron chi connectivity index (χ1n) is 6.66. The molecule has 0 aliphatic carbocycles. The molecule has 0 spiro atoms. The van der Waals surface area contributed by atoms with E-state index in [1.54, 1.807) is 13.8 Å². The second kappa shape index (κ2) is 5.53. The Hall–Kier alpha value is -2.04. The molecule has 1 atom stereocenters. The Morgan fingerprint density at radius 3 is 2.80 bits per heavy atom. The molecule has 20 heavy (non-hydrogen) atoms. The molecule has 0 bridgehead atoms. The van der Waals surface area contributed by atoms with Gasteiger partial charge in [0.2, 0.25) is 5.91 Å². The summed E-state index contributed by atoms with van der Waals surface area (Å²) in [5.74, 6) is -0.459. The molecule has 1 amide bonds. The first kappa shape index (κ1) is 14.4. The first-order valence-corrected chi connectivity index (χ1v) is 6.66. The predicted octanol–water partition coefficient (Wildman–Crippen LogP) is 1.65. The zero-order valence-electron chi connectivity index (χ0n) is 12.0. The minimum Gasteiger partial charge on any atom is -0.467 e. The van der Waals surface area contributed by atoms with E-state index in [0.29, 0.717) is 6.42 Å². The maximum absolute atomic E-state index is 12.1. The number of carbonyl (C=O) groups is 2. The molecule has 1 unspecified atom stereocenters. The maximum Gasteiger partial charge on any atom is 0.330 e. The lowest BCUT2D eigenvalue weighted by molar-refractivity contribution is -0.149. The summed E-state index contributed by atoms with van der Waals surface area (Å²) < 4.78 is 4.68. The Labute approximate surface area is 118 Å². The van der Waals surface area contributed by atoms with Crippen LogP contribution in [0.25, 0.3) is 0 Å². The van der Waals surface area contributed by atoms with Crippen LogP contribution in [-0.4, -0.2) is 31.1 Å². The summed E-state index contributed by atoms with van der Waals surface area (Å²) in [5, 5.41) is 6.00. The number of esters is 1. The highest BCUT2D eigenvalue weighted by Crippen LogP contribution is 2.33. The molecular formula is C15H20N2O3. The molecule has 2 rings (SSSR count). The lowest BCUT2D eigenvalue weighted by Gasteiger charge is -2.23. The molecule has 0 radical (unpaired) electrons. The van der Waals surface area contributed by atoms with Crippen molar-refractivity contribution < 1.29 is 14.3 Å². The van der Waals surface area contributed by atoms with Gasteiger partial charge in [-0.15, -0.1) is 0 Å². The van der Waals surface area contributed by atoms with Gasteiger partial charge in [-0.25, -0.2) is 4.79 Å². The number of methoxy groups -OCH3 is 1. The van der Waals surface area contributed by atoms with Crippen LogP contribution in [0.3, 0.4) is 0 Å². The Balaban J connectivity index is 1.98. The summed E-state index contributed by atoms with van der Waals surface area (Å²) in [5.41, 5.74) is 1.23. The van der Waals surface area contributed by atoms with Gasteiger partial charge >= 0.3 is 5.97 Å². The number of hydrogen-bond donors (Lipinski definition) is 2. The molecule has 1 aliphatic heterocycles. The van der Waals surface area contributed by atoms with Gasteiger partial charge in [0.05, 0.1) is 7.11 Å². The van der Waals surface area contributed by atoms with Gasteiger partial charge in [0.15, 0.2) is 0 Å². The van der Waals surface area contributed by atoms with Gasteiger partial charge in [-0.1, -0.05) is 18.2 Å². The molecule has 1 heterocycles. The van der Waals surface area contributed by atoms with Crippen molar-refractivity contribution in [2.75, 3.05) is 19.0 Å². The summed E-state index contributed by atoms with van der Waals surface area (Å²) in [6.45, 7) is 4.01. The van der Waals surface area contributed by atoms with E-state index in [-0.39, 0.29) is 11.8 Å². The van der Waals surface area contributed by atoms with Crippen LogP contribution in [0.4, 0.5) is 5.69 Å². The molecule has 5 nitrogen and oxygen atoms in total. The number of anilines is 1. The van der Waals surface area contributed by atoms with Crippen molar-refractivity contribution in [2.45, 2.75) is 31.7 Å². The molecule has 0 fully saturated rings. The number of benzene rings is 1. The van der Waals surface area contributed by atoms with Crippen LogP contribution in [0.2, 0.25) is 0 Å². The lowest BCUT2D eigenvalue weighted by atomic mass is 9.96. The van der Waals surface area contributed by atoms with E-state index in [2.05, 4.69) is 15.4 Å². The lowest BCUT2D eigenvalue weighted by Crippen LogP contribution is -2.50. The molecule has 2 N–H and O–H groups in total. The van der Waals surface area contributed by atoms with Crippen LogP contribution >= 0.6 is 0 Å². The fraction of sp³-hybridized carbons (Fsp3) is 0.467. The third kappa shape index (κ3) is 2.92. The summed E-state index contributed by atoms with van der Waals surface area (Å²) in [7, 11) is 1.31. The number of amides is 1. The molecule has 0 aromatic heterocycles. The highest BCUT2D eigenvalue weighted by Gasteiger charge is 2.32. The number of ether oxygens (including phenoxy) is 1. The third-order valence-corrected chi connectivity index (χ3v) is 3.52. The van der Waals surface area contributed by atoms with Crippen molar-refractivity contribution in [1.29, 1.82) is 0 Å². The molecular weight excluding hydrogens is 256 g/mol.